The number of Topliss-reactive ketones (excluding diaryl/α,β-unsaturated/α-hetero) is 1. The van der Waals surface area contributed by atoms with Gasteiger partial charge >= 0.3 is 0 Å². The molecule has 164 valence electrons. The fraction of sp³-hybridized carbons (Fsp3) is 0.0769. The number of aromatic amines is 1. The minimum atomic E-state index is -0.964. The number of hydrogen-bond acceptors (Lipinski definition) is 4. The second-order valence-corrected chi connectivity index (χ2v) is 7.67. The van der Waals surface area contributed by atoms with Gasteiger partial charge in [-0.1, -0.05) is 36.4 Å². The van der Waals surface area contributed by atoms with E-state index in [0.717, 1.165) is 10.9 Å². The maximum atomic E-state index is 14.1. The van der Waals surface area contributed by atoms with Crippen LogP contribution in [0.2, 0.25) is 0 Å². The number of hydrogen-bond donors (Lipinski definition) is 2. The average molecular weight is 442 g/mol. The van der Waals surface area contributed by atoms with Crippen molar-refractivity contribution in [1.82, 2.24) is 4.98 Å². The van der Waals surface area contributed by atoms with Crippen LogP contribution in [0.25, 0.3) is 16.7 Å². The Bertz CT molecular complexity index is 1440. The Morgan fingerprint density at radius 3 is 2.61 bits per heavy atom. The number of amides is 1. The molecule has 1 atom stereocenters. The van der Waals surface area contributed by atoms with Crippen LogP contribution in [0.15, 0.2) is 84.6 Å². The maximum absolute atomic E-state index is 14.1. The molecular formula is C26H19FN2O4. The summed E-state index contributed by atoms with van der Waals surface area (Å²) < 4.78 is 19.3. The summed E-state index contributed by atoms with van der Waals surface area (Å²) in [4.78, 5) is 30.8. The molecule has 1 amide bonds. The molecule has 1 fully saturated rings. The first-order valence-electron chi connectivity index (χ1n) is 10.3. The predicted molar refractivity (Wildman–Crippen MR) is 122 cm³/mol. The molecule has 5 rings (SSSR count). The van der Waals surface area contributed by atoms with Crippen LogP contribution in [0.5, 0.6) is 5.75 Å². The maximum Gasteiger partial charge on any atom is 0.300 e. The molecule has 0 bridgehead atoms. The molecule has 1 saturated heterocycles. The van der Waals surface area contributed by atoms with Crippen molar-refractivity contribution in [3.05, 3.63) is 102 Å². The van der Waals surface area contributed by atoms with Crippen molar-refractivity contribution in [2.75, 3.05) is 12.0 Å². The van der Waals surface area contributed by atoms with Crippen LogP contribution in [0.1, 0.15) is 17.2 Å². The van der Waals surface area contributed by atoms with Gasteiger partial charge in [0.25, 0.3) is 11.7 Å². The first-order valence-corrected chi connectivity index (χ1v) is 10.3. The van der Waals surface area contributed by atoms with Crippen LogP contribution in [0, 0.1) is 5.82 Å². The molecule has 0 spiro atoms. The van der Waals surface area contributed by atoms with Gasteiger partial charge < -0.3 is 14.8 Å². The molecule has 2 heterocycles. The molecule has 7 heteroatoms. The van der Waals surface area contributed by atoms with E-state index < -0.39 is 23.5 Å². The number of nitrogens with zero attached hydrogens (tertiary/aromatic N) is 1. The second kappa shape index (κ2) is 7.94. The first kappa shape index (κ1) is 20.5. The molecule has 1 aliphatic rings. The van der Waals surface area contributed by atoms with E-state index in [2.05, 4.69) is 4.98 Å². The van der Waals surface area contributed by atoms with Gasteiger partial charge in [0, 0.05) is 33.9 Å². The van der Waals surface area contributed by atoms with E-state index in [-0.39, 0.29) is 17.0 Å². The van der Waals surface area contributed by atoms with Crippen LogP contribution in [-0.2, 0) is 9.59 Å². The Kier molecular flexibility index (Phi) is 4.94. The second-order valence-electron chi connectivity index (χ2n) is 7.67. The van der Waals surface area contributed by atoms with Crippen molar-refractivity contribution < 1.29 is 23.8 Å². The number of carbonyl (C=O) groups is 2. The molecule has 33 heavy (non-hydrogen) atoms. The van der Waals surface area contributed by atoms with Crippen LogP contribution >= 0.6 is 0 Å². The van der Waals surface area contributed by atoms with Crippen LogP contribution in [-0.4, -0.2) is 28.9 Å². The van der Waals surface area contributed by atoms with E-state index in [9.17, 15) is 19.1 Å². The molecule has 1 aromatic heterocycles. The number of methoxy groups -OCH3 is 1. The van der Waals surface area contributed by atoms with Crippen molar-refractivity contribution in [2.24, 2.45) is 0 Å². The molecule has 3 aromatic carbocycles. The zero-order chi connectivity index (χ0) is 23.1. The number of aromatic nitrogens is 1. The molecule has 0 aliphatic carbocycles. The van der Waals surface area contributed by atoms with Crippen molar-refractivity contribution in [1.29, 1.82) is 0 Å². The lowest BCUT2D eigenvalue weighted by atomic mass is 9.94. The quantitative estimate of drug-likeness (QED) is 0.266. The number of ether oxygens (including phenoxy) is 1. The number of fused-ring (bicyclic) bond motifs is 1. The van der Waals surface area contributed by atoms with Gasteiger partial charge in [-0.25, -0.2) is 4.39 Å². The fourth-order valence-electron chi connectivity index (χ4n) is 4.27. The van der Waals surface area contributed by atoms with E-state index in [4.69, 9.17) is 4.74 Å². The summed E-state index contributed by atoms with van der Waals surface area (Å²) >= 11 is 0. The first-order chi connectivity index (χ1) is 16.0. The number of halogens is 1. The summed E-state index contributed by atoms with van der Waals surface area (Å²) in [5, 5.41) is 12.0. The Hall–Kier alpha value is -4.39. The van der Waals surface area contributed by atoms with Gasteiger partial charge in [0.2, 0.25) is 0 Å². The zero-order valence-electron chi connectivity index (χ0n) is 17.6. The summed E-state index contributed by atoms with van der Waals surface area (Å²) in [5.41, 5.74) is 1.88. The molecular weight excluding hydrogens is 423 g/mol. The minimum Gasteiger partial charge on any atom is -0.507 e. The van der Waals surface area contributed by atoms with E-state index >= 15 is 0 Å². The molecule has 2 N–H and O–H groups in total. The van der Waals surface area contributed by atoms with E-state index in [1.54, 1.807) is 36.5 Å². The smallest absolute Gasteiger partial charge is 0.300 e. The molecule has 0 saturated carbocycles. The van der Waals surface area contributed by atoms with Crippen LogP contribution in [0.4, 0.5) is 10.1 Å². The third-order valence-electron chi connectivity index (χ3n) is 5.79. The normalized spacial score (nSPS) is 17.6. The largest absolute Gasteiger partial charge is 0.507 e. The van der Waals surface area contributed by atoms with Gasteiger partial charge in [-0.2, -0.15) is 0 Å². The topological polar surface area (TPSA) is 82.6 Å². The van der Waals surface area contributed by atoms with Crippen molar-refractivity contribution in [3.8, 4) is 5.75 Å². The number of rotatable bonds is 4. The van der Waals surface area contributed by atoms with Crippen LogP contribution < -0.4 is 9.64 Å². The standard InChI is InChI=1S/C26H19FN2O4/c1-33-18-9-4-6-15(12-18)24(30)22-23(20-14-28-21-11-3-2-10-19(20)21)29(26(32)25(22)31)17-8-5-7-16(27)13-17/h2-14,23,28,30H,1H3/b24-22+. The third kappa shape index (κ3) is 3.34. The van der Waals surface area contributed by atoms with Gasteiger partial charge in [0.05, 0.1) is 18.7 Å². The van der Waals surface area contributed by atoms with Crippen molar-refractivity contribution in [2.45, 2.75) is 6.04 Å². The number of anilines is 1. The number of para-hydroxylation sites is 1. The molecule has 1 unspecified atom stereocenters. The van der Waals surface area contributed by atoms with Gasteiger partial charge in [0.1, 0.15) is 17.3 Å². The summed E-state index contributed by atoms with van der Waals surface area (Å²) in [6.45, 7) is 0. The third-order valence-corrected chi connectivity index (χ3v) is 5.79. The molecule has 0 radical (unpaired) electrons. The van der Waals surface area contributed by atoms with Gasteiger partial charge in [0.15, 0.2) is 0 Å². The summed E-state index contributed by atoms with van der Waals surface area (Å²) in [5.74, 6) is -2.08. The SMILES string of the molecule is COc1cccc(/C(O)=C2\C(=O)C(=O)N(c3cccc(F)c3)C2c2c[nH]c3ccccc23)c1. The number of nitrogens with one attached hydrogen (secondary N) is 1. The highest BCUT2D eigenvalue weighted by Gasteiger charge is 2.47. The number of ketones is 1. The molecule has 6 nitrogen and oxygen atoms in total. The molecule has 1 aliphatic heterocycles. The summed E-state index contributed by atoms with van der Waals surface area (Å²) in [7, 11) is 1.49. The van der Waals surface area contributed by atoms with E-state index in [1.807, 2.05) is 24.3 Å². The summed E-state index contributed by atoms with van der Waals surface area (Å²) in [6, 6.07) is 18.5. The van der Waals surface area contributed by atoms with Crippen molar-refractivity contribution >= 4 is 34.0 Å². The molecule has 4 aromatic rings. The van der Waals surface area contributed by atoms with E-state index in [0.29, 0.717) is 16.9 Å². The Labute approximate surface area is 188 Å². The number of H-pyrrole nitrogens is 1. The number of benzene rings is 3. The van der Waals surface area contributed by atoms with Crippen LogP contribution in [0.3, 0.4) is 0 Å². The minimum absolute atomic E-state index is 0.0812. The highest BCUT2D eigenvalue weighted by Crippen LogP contribution is 2.44. The number of aliphatic hydroxyl groups is 1. The highest BCUT2D eigenvalue weighted by molar-refractivity contribution is 6.51. The number of aliphatic hydroxyl groups excluding tert-OH is 1. The number of carbonyl (C=O) groups excluding carboxylic acids is 2. The monoisotopic (exact) mass is 442 g/mol. The van der Waals surface area contributed by atoms with Gasteiger partial charge in [-0.05, 0) is 36.4 Å². The average Bonchev–Trinajstić information content (AvgIpc) is 3.37. The zero-order valence-corrected chi connectivity index (χ0v) is 17.6. The lowest BCUT2D eigenvalue weighted by Gasteiger charge is -2.25. The van der Waals surface area contributed by atoms with Crippen molar-refractivity contribution in [3.63, 3.8) is 0 Å². The Balaban J connectivity index is 1.78. The Morgan fingerprint density at radius 2 is 1.82 bits per heavy atom. The van der Waals surface area contributed by atoms with Gasteiger partial charge in [-0.3, -0.25) is 14.5 Å². The summed E-state index contributed by atoms with van der Waals surface area (Å²) in [6.07, 6.45) is 1.70. The van der Waals surface area contributed by atoms with Gasteiger partial charge in [-0.15, -0.1) is 0 Å². The lowest BCUT2D eigenvalue weighted by Crippen LogP contribution is -2.29. The Morgan fingerprint density at radius 1 is 1.03 bits per heavy atom. The highest BCUT2D eigenvalue weighted by atomic mass is 19.1. The predicted octanol–water partition coefficient (Wildman–Crippen LogP) is 4.94. The van der Waals surface area contributed by atoms with E-state index in [1.165, 1.54) is 30.2 Å². The fourth-order valence-corrected chi connectivity index (χ4v) is 4.27. The lowest BCUT2D eigenvalue weighted by molar-refractivity contribution is -0.132.